The molecule has 126 valence electrons. The van der Waals surface area contributed by atoms with E-state index in [1.807, 2.05) is 37.3 Å². The van der Waals surface area contributed by atoms with E-state index in [2.05, 4.69) is 5.32 Å². The van der Waals surface area contributed by atoms with Gasteiger partial charge in [0.2, 0.25) is 0 Å². The Bertz CT molecular complexity index is 733. The monoisotopic (exact) mass is 328 g/mol. The molecule has 3 rings (SSSR count). The highest BCUT2D eigenvalue weighted by Gasteiger charge is 2.38. The van der Waals surface area contributed by atoms with Crippen molar-refractivity contribution in [3.63, 3.8) is 0 Å². The quantitative estimate of drug-likeness (QED) is 0.935. The van der Waals surface area contributed by atoms with Crippen LogP contribution in [-0.2, 0) is 0 Å². The topological polar surface area (TPSA) is 60.0 Å². The maximum atomic E-state index is 11.7. The fraction of sp³-hybridized carbons (Fsp3) is 0.278. The number of benzene rings is 2. The number of nitrogens with zero attached hydrogens (tertiary/aromatic N) is 1. The molecule has 0 aliphatic carbocycles. The molecular formula is C18H20N2O4. The zero-order valence-corrected chi connectivity index (χ0v) is 13.9. The number of hydrogen-bond acceptors (Lipinski definition) is 4. The molecule has 1 aliphatic heterocycles. The fourth-order valence-corrected chi connectivity index (χ4v) is 2.26. The molecule has 2 amide bonds. The van der Waals surface area contributed by atoms with Gasteiger partial charge in [0.05, 0.1) is 0 Å². The molecule has 0 spiro atoms. The zero-order valence-electron chi connectivity index (χ0n) is 13.9. The normalized spacial score (nSPS) is 18.1. The summed E-state index contributed by atoms with van der Waals surface area (Å²) in [5.74, 6) is 1.03. The maximum Gasteiger partial charge on any atom is 0.321 e. The number of fused-ring (bicyclic) bond motifs is 1. The van der Waals surface area contributed by atoms with Gasteiger partial charge in [0.15, 0.2) is 18.1 Å². The molecule has 1 atom stereocenters. The van der Waals surface area contributed by atoms with Gasteiger partial charge < -0.3 is 24.4 Å². The minimum absolute atomic E-state index is 0.205. The number of para-hydroxylation sites is 1. The molecule has 2 aromatic rings. The van der Waals surface area contributed by atoms with Crippen LogP contribution < -0.4 is 19.5 Å². The standard InChI is InChI=1S/C18H20N2O4/c1-18(12-22-14-7-5-4-6-8-14)23-15-10-9-13(11-16(15)24-18)19-17(21)20(2)3/h4-11H,12H2,1-3H3,(H,19,21). The summed E-state index contributed by atoms with van der Waals surface area (Å²) in [5, 5.41) is 2.78. The summed E-state index contributed by atoms with van der Waals surface area (Å²) in [6.07, 6.45) is 0. The molecule has 1 unspecified atom stereocenters. The number of carbonyl (C=O) groups is 1. The van der Waals surface area contributed by atoms with E-state index in [-0.39, 0.29) is 12.6 Å². The van der Waals surface area contributed by atoms with Crippen LogP contribution in [0.15, 0.2) is 48.5 Å². The Hall–Kier alpha value is -2.89. The van der Waals surface area contributed by atoms with Crippen LogP contribution in [0.1, 0.15) is 6.92 Å². The number of urea groups is 1. The Kier molecular flexibility index (Phi) is 4.20. The highest BCUT2D eigenvalue weighted by Crippen LogP contribution is 2.41. The third-order valence-corrected chi connectivity index (χ3v) is 3.50. The van der Waals surface area contributed by atoms with Crippen LogP contribution in [0.2, 0.25) is 0 Å². The average Bonchev–Trinajstić information content (AvgIpc) is 2.90. The van der Waals surface area contributed by atoms with E-state index in [0.29, 0.717) is 17.2 Å². The maximum absolute atomic E-state index is 11.7. The van der Waals surface area contributed by atoms with Gasteiger partial charge in [-0.3, -0.25) is 0 Å². The SMILES string of the molecule is CN(C)C(=O)Nc1ccc2c(c1)OC(C)(COc1ccccc1)O2. The predicted molar refractivity (Wildman–Crippen MR) is 90.7 cm³/mol. The zero-order chi connectivity index (χ0) is 17.2. The number of hydrogen-bond donors (Lipinski definition) is 1. The summed E-state index contributed by atoms with van der Waals surface area (Å²) in [7, 11) is 3.36. The summed E-state index contributed by atoms with van der Waals surface area (Å²) in [5.41, 5.74) is 0.643. The first-order valence-corrected chi connectivity index (χ1v) is 7.63. The summed E-state index contributed by atoms with van der Waals surface area (Å²) in [6.45, 7) is 2.05. The van der Waals surface area contributed by atoms with Gasteiger partial charge in [-0.25, -0.2) is 4.79 Å². The largest absolute Gasteiger partial charge is 0.485 e. The number of nitrogens with one attached hydrogen (secondary N) is 1. The lowest BCUT2D eigenvalue weighted by Crippen LogP contribution is -2.41. The van der Waals surface area contributed by atoms with Gasteiger partial charge in [0.1, 0.15) is 5.75 Å². The molecule has 2 aromatic carbocycles. The smallest absolute Gasteiger partial charge is 0.321 e. The van der Waals surface area contributed by atoms with Crippen LogP contribution in [0.5, 0.6) is 17.2 Å². The van der Waals surface area contributed by atoms with Crippen LogP contribution in [0.4, 0.5) is 10.5 Å². The predicted octanol–water partition coefficient (Wildman–Crippen LogP) is 3.35. The molecule has 1 aliphatic rings. The van der Waals surface area contributed by atoms with Gasteiger partial charge in [-0.1, -0.05) is 18.2 Å². The lowest BCUT2D eigenvalue weighted by molar-refractivity contribution is -0.0917. The molecule has 6 heteroatoms. The molecule has 0 aromatic heterocycles. The van der Waals surface area contributed by atoms with Crippen molar-refractivity contribution in [3.8, 4) is 17.2 Å². The summed E-state index contributed by atoms with van der Waals surface area (Å²) in [4.78, 5) is 13.2. The third kappa shape index (κ3) is 3.53. The van der Waals surface area contributed by atoms with Crippen molar-refractivity contribution in [1.29, 1.82) is 0 Å². The van der Waals surface area contributed by atoms with E-state index in [1.54, 1.807) is 32.3 Å². The Morgan fingerprint density at radius 3 is 2.54 bits per heavy atom. The van der Waals surface area contributed by atoms with Crippen LogP contribution in [0.3, 0.4) is 0 Å². The van der Waals surface area contributed by atoms with E-state index in [4.69, 9.17) is 14.2 Å². The van der Waals surface area contributed by atoms with Crippen LogP contribution in [0, 0.1) is 0 Å². The van der Waals surface area contributed by atoms with E-state index < -0.39 is 5.79 Å². The Morgan fingerprint density at radius 2 is 1.83 bits per heavy atom. The number of ether oxygens (including phenoxy) is 3. The lowest BCUT2D eigenvalue weighted by atomic mass is 10.3. The lowest BCUT2D eigenvalue weighted by Gasteiger charge is -2.23. The van der Waals surface area contributed by atoms with Gasteiger partial charge in [0.25, 0.3) is 5.79 Å². The minimum Gasteiger partial charge on any atom is -0.485 e. The number of anilines is 1. The Morgan fingerprint density at radius 1 is 1.12 bits per heavy atom. The Balaban J connectivity index is 1.66. The second-order valence-corrected chi connectivity index (χ2v) is 5.93. The van der Waals surface area contributed by atoms with Gasteiger partial charge >= 0.3 is 6.03 Å². The van der Waals surface area contributed by atoms with Gasteiger partial charge in [-0.2, -0.15) is 0 Å². The second-order valence-electron chi connectivity index (χ2n) is 5.93. The highest BCUT2D eigenvalue weighted by molar-refractivity contribution is 5.89. The van der Waals surface area contributed by atoms with Crippen molar-refractivity contribution < 1.29 is 19.0 Å². The molecular weight excluding hydrogens is 308 g/mol. The molecule has 6 nitrogen and oxygen atoms in total. The molecule has 0 radical (unpaired) electrons. The number of carbonyl (C=O) groups excluding carboxylic acids is 1. The first-order chi connectivity index (χ1) is 11.5. The summed E-state index contributed by atoms with van der Waals surface area (Å²) < 4.78 is 17.5. The van der Waals surface area contributed by atoms with Gasteiger partial charge in [-0.15, -0.1) is 0 Å². The van der Waals surface area contributed by atoms with E-state index in [1.165, 1.54) is 4.90 Å². The minimum atomic E-state index is -0.914. The van der Waals surface area contributed by atoms with Crippen LogP contribution in [0.25, 0.3) is 0 Å². The van der Waals surface area contributed by atoms with Crippen molar-refractivity contribution >= 4 is 11.7 Å². The first kappa shape index (κ1) is 16.0. The molecule has 24 heavy (non-hydrogen) atoms. The fourth-order valence-electron chi connectivity index (χ4n) is 2.26. The van der Waals surface area contributed by atoms with E-state index in [0.717, 1.165) is 5.75 Å². The third-order valence-electron chi connectivity index (χ3n) is 3.50. The number of amides is 2. The Labute approximate surface area is 140 Å². The summed E-state index contributed by atoms with van der Waals surface area (Å²) >= 11 is 0. The van der Waals surface area contributed by atoms with E-state index in [9.17, 15) is 4.79 Å². The molecule has 0 fully saturated rings. The van der Waals surface area contributed by atoms with Gasteiger partial charge in [0, 0.05) is 32.8 Å². The molecule has 1 N–H and O–H groups in total. The van der Waals surface area contributed by atoms with Crippen molar-refractivity contribution in [2.75, 3.05) is 26.0 Å². The van der Waals surface area contributed by atoms with E-state index >= 15 is 0 Å². The van der Waals surface area contributed by atoms with Crippen molar-refractivity contribution in [2.24, 2.45) is 0 Å². The number of rotatable bonds is 4. The molecule has 0 bridgehead atoms. The van der Waals surface area contributed by atoms with Crippen molar-refractivity contribution in [1.82, 2.24) is 4.90 Å². The average molecular weight is 328 g/mol. The van der Waals surface area contributed by atoms with Crippen LogP contribution >= 0.6 is 0 Å². The first-order valence-electron chi connectivity index (χ1n) is 7.63. The molecule has 1 heterocycles. The molecule has 0 saturated heterocycles. The van der Waals surface area contributed by atoms with Gasteiger partial charge in [-0.05, 0) is 24.3 Å². The summed E-state index contributed by atoms with van der Waals surface area (Å²) in [6, 6.07) is 14.6. The van der Waals surface area contributed by atoms with Crippen molar-refractivity contribution in [2.45, 2.75) is 12.7 Å². The second kappa shape index (κ2) is 6.31. The molecule has 0 saturated carbocycles. The highest BCUT2D eigenvalue weighted by atomic mass is 16.7. The van der Waals surface area contributed by atoms with Crippen LogP contribution in [-0.4, -0.2) is 37.4 Å². The van der Waals surface area contributed by atoms with Crippen molar-refractivity contribution in [3.05, 3.63) is 48.5 Å².